The van der Waals surface area contributed by atoms with Crippen molar-refractivity contribution in [3.8, 4) is 0 Å². The fourth-order valence-electron chi connectivity index (χ4n) is 2.47. The molecule has 0 spiro atoms. The van der Waals surface area contributed by atoms with Crippen molar-refractivity contribution in [3.63, 3.8) is 0 Å². The van der Waals surface area contributed by atoms with Crippen LogP contribution in [0.2, 0.25) is 0 Å². The summed E-state index contributed by atoms with van der Waals surface area (Å²) in [5.74, 6) is -1.40. The number of hydrogen-bond acceptors (Lipinski definition) is 3. The first-order valence-electron chi connectivity index (χ1n) is 6.49. The van der Waals surface area contributed by atoms with Gasteiger partial charge in [0, 0.05) is 25.8 Å². The molecule has 2 rings (SSSR count). The molecule has 1 aromatic carbocycles. The van der Waals surface area contributed by atoms with Crippen LogP contribution in [0.15, 0.2) is 18.2 Å². The Bertz CT molecular complexity index is 402. The van der Waals surface area contributed by atoms with E-state index in [2.05, 4.69) is 0 Å². The Morgan fingerprint density at radius 2 is 1.89 bits per heavy atom. The Labute approximate surface area is 111 Å². The summed E-state index contributed by atoms with van der Waals surface area (Å²) >= 11 is 0. The zero-order chi connectivity index (χ0) is 13.8. The second-order valence-corrected chi connectivity index (χ2v) is 4.93. The molecule has 0 aromatic heterocycles. The highest BCUT2D eigenvalue weighted by Crippen LogP contribution is 2.23. The summed E-state index contributed by atoms with van der Waals surface area (Å²) in [7, 11) is 1.86. The standard InChI is InChI=1S/C14H19F2NO2/c1-17(10-5-7-19-8-6-10)9-13(18)14-11(15)3-2-4-12(14)16/h2-4,10,13,18H,5-9H2,1H3. The summed E-state index contributed by atoms with van der Waals surface area (Å²) in [6, 6.07) is 3.91. The van der Waals surface area contributed by atoms with E-state index in [1.807, 2.05) is 11.9 Å². The van der Waals surface area contributed by atoms with Gasteiger partial charge in [-0.05, 0) is 32.0 Å². The molecule has 0 amide bonds. The molecule has 0 saturated carbocycles. The summed E-state index contributed by atoms with van der Waals surface area (Å²) in [5, 5.41) is 10.0. The molecule has 0 bridgehead atoms. The maximum absolute atomic E-state index is 13.6. The van der Waals surface area contributed by atoms with Crippen LogP contribution in [-0.2, 0) is 4.74 Å². The third kappa shape index (κ3) is 3.49. The zero-order valence-corrected chi connectivity index (χ0v) is 11.0. The molecule has 1 saturated heterocycles. The predicted molar refractivity (Wildman–Crippen MR) is 67.8 cm³/mol. The normalized spacial score (nSPS) is 18.8. The lowest BCUT2D eigenvalue weighted by Crippen LogP contribution is -2.39. The van der Waals surface area contributed by atoms with Gasteiger partial charge in [-0.25, -0.2) is 8.78 Å². The van der Waals surface area contributed by atoms with E-state index in [0.29, 0.717) is 19.3 Å². The van der Waals surface area contributed by atoms with Gasteiger partial charge < -0.3 is 14.7 Å². The third-order valence-electron chi connectivity index (χ3n) is 3.61. The SMILES string of the molecule is CN(CC(O)c1c(F)cccc1F)C1CCOCC1. The van der Waals surface area contributed by atoms with Gasteiger partial charge in [0.1, 0.15) is 11.6 Å². The predicted octanol–water partition coefficient (Wildman–Crippen LogP) is 2.11. The van der Waals surface area contributed by atoms with Crippen LogP contribution >= 0.6 is 0 Å². The van der Waals surface area contributed by atoms with E-state index < -0.39 is 17.7 Å². The van der Waals surface area contributed by atoms with Crippen LogP contribution in [-0.4, -0.2) is 42.9 Å². The van der Waals surface area contributed by atoms with Crippen LogP contribution in [0, 0.1) is 11.6 Å². The number of hydrogen-bond donors (Lipinski definition) is 1. The Hall–Kier alpha value is -1.04. The summed E-state index contributed by atoms with van der Waals surface area (Å²) in [4.78, 5) is 1.94. The van der Waals surface area contributed by atoms with Crippen molar-refractivity contribution in [2.24, 2.45) is 0 Å². The molecular formula is C14H19F2NO2. The molecule has 19 heavy (non-hydrogen) atoms. The number of ether oxygens (including phenoxy) is 1. The van der Waals surface area contributed by atoms with Crippen molar-refractivity contribution < 1.29 is 18.6 Å². The second-order valence-electron chi connectivity index (χ2n) is 4.93. The van der Waals surface area contributed by atoms with E-state index in [4.69, 9.17) is 4.74 Å². The highest BCUT2D eigenvalue weighted by molar-refractivity contribution is 5.22. The fraction of sp³-hybridized carbons (Fsp3) is 0.571. The molecule has 0 aliphatic carbocycles. The summed E-state index contributed by atoms with van der Waals surface area (Å²) in [6.45, 7) is 1.60. The Kier molecular flexibility index (Phi) is 4.85. The average Bonchev–Trinajstić information content (AvgIpc) is 2.39. The molecule has 1 atom stereocenters. The first kappa shape index (κ1) is 14.4. The second kappa shape index (κ2) is 6.41. The molecule has 1 N–H and O–H groups in total. The monoisotopic (exact) mass is 271 g/mol. The molecule has 1 fully saturated rings. The van der Waals surface area contributed by atoms with Gasteiger partial charge in [0.25, 0.3) is 0 Å². The highest BCUT2D eigenvalue weighted by atomic mass is 19.1. The minimum atomic E-state index is -1.16. The van der Waals surface area contributed by atoms with Gasteiger partial charge in [-0.15, -0.1) is 0 Å². The number of benzene rings is 1. The van der Waals surface area contributed by atoms with Crippen LogP contribution in [0.5, 0.6) is 0 Å². The summed E-state index contributed by atoms with van der Waals surface area (Å²) in [5.41, 5.74) is -0.249. The van der Waals surface area contributed by atoms with Crippen LogP contribution in [0.1, 0.15) is 24.5 Å². The lowest BCUT2D eigenvalue weighted by molar-refractivity contribution is 0.0241. The Morgan fingerprint density at radius 1 is 1.32 bits per heavy atom. The molecule has 3 nitrogen and oxygen atoms in total. The van der Waals surface area contributed by atoms with Crippen molar-refractivity contribution in [3.05, 3.63) is 35.4 Å². The molecule has 1 heterocycles. The number of aliphatic hydroxyl groups is 1. The summed E-state index contributed by atoms with van der Waals surface area (Å²) < 4.78 is 32.4. The van der Waals surface area contributed by atoms with Gasteiger partial charge in [0.05, 0.1) is 11.7 Å². The zero-order valence-electron chi connectivity index (χ0n) is 11.0. The quantitative estimate of drug-likeness (QED) is 0.910. The fourth-order valence-corrected chi connectivity index (χ4v) is 2.47. The van der Waals surface area contributed by atoms with Crippen molar-refractivity contribution in [2.45, 2.75) is 25.0 Å². The Morgan fingerprint density at radius 3 is 2.47 bits per heavy atom. The molecule has 5 heteroatoms. The lowest BCUT2D eigenvalue weighted by atomic mass is 10.0. The minimum Gasteiger partial charge on any atom is -0.387 e. The van der Waals surface area contributed by atoms with E-state index in [1.165, 1.54) is 6.07 Å². The number of aliphatic hydroxyl groups excluding tert-OH is 1. The highest BCUT2D eigenvalue weighted by Gasteiger charge is 2.24. The minimum absolute atomic E-state index is 0.211. The van der Waals surface area contributed by atoms with Crippen molar-refractivity contribution >= 4 is 0 Å². The molecule has 0 radical (unpaired) electrons. The van der Waals surface area contributed by atoms with E-state index in [-0.39, 0.29) is 12.1 Å². The van der Waals surface area contributed by atoms with Gasteiger partial charge in [-0.1, -0.05) is 6.07 Å². The number of halogens is 2. The molecule has 1 aliphatic rings. The van der Waals surface area contributed by atoms with Crippen LogP contribution in [0.25, 0.3) is 0 Å². The number of nitrogens with zero attached hydrogens (tertiary/aromatic N) is 1. The molecular weight excluding hydrogens is 252 g/mol. The van der Waals surface area contributed by atoms with E-state index >= 15 is 0 Å². The van der Waals surface area contributed by atoms with Gasteiger partial charge in [-0.2, -0.15) is 0 Å². The smallest absolute Gasteiger partial charge is 0.131 e. The maximum atomic E-state index is 13.6. The van der Waals surface area contributed by atoms with Gasteiger partial charge >= 0.3 is 0 Å². The topological polar surface area (TPSA) is 32.7 Å². The van der Waals surface area contributed by atoms with Crippen molar-refractivity contribution in [2.75, 3.05) is 26.8 Å². The summed E-state index contributed by atoms with van der Waals surface area (Å²) in [6.07, 6.45) is 0.598. The van der Waals surface area contributed by atoms with Gasteiger partial charge in [0.2, 0.25) is 0 Å². The first-order valence-corrected chi connectivity index (χ1v) is 6.49. The van der Waals surface area contributed by atoms with E-state index in [9.17, 15) is 13.9 Å². The van der Waals surface area contributed by atoms with Crippen LogP contribution in [0.3, 0.4) is 0 Å². The van der Waals surface area contributed by atoms with Gasteiger partial charge in [-0.3, -0.25) is 0 Å². The molecule has 1 unspecified atom stereocenters. The largest absolute Gasteiger partial charge is 0.387 e. The van der Waals surface area contributed by atoms with E-state index in [1.54, 1.807) is 0 Å². The average molecular weight is 271 g/mol. The van der Waals surface area contributed by atoms with Gasteiger partial charge in [0.15, 0.2) is 0 Å². The third-order valence-corrected chi connectivity index (χ3v) is 3.61. The maximum Gasteiger partial charge on any atom is 0.131 e. The molecule has 1 aromatic rings. The first-order chi connectivity index (χ1) is 9.09. The van der Waals surface area contributed by atoms with Crippen LogP contribution < -0.4 is 0 Å². The molecule has 1 aliphatic heterocycles. The van der Waals surface area contributed by atoms with Crippen LogP contribution in [0.4, 0.5) is 8.78 Å². The van der Waals surface area contributed by atoms with Crippen molar-refractivity contribution in [1.82, 2.24) is 4.90 Å². The number of rotatable bonds is 4. The number of likely N-dealkylation sites (N-methyl/N-ethyl adjacent to an activating group) is 1. The van der Waals surface area contributed by atoms with Crippen molar-refractivity contribution in [1.29, 1.82) is 0 Å². The lowest BCUT2D eigenvalue weighted by Gasteiger charge is -2.32. The molecule has 106 valence electrons. The van der Waals surface area contributed by atoms with E-state index in [0.717, 1.165) is 25.0 Å². The Balaban J connectivity index is 2.01.